The van der Waals surface area contributed by atoms with Crippen molar-refractivity contribution >= 4 is 6.09 Å². The molecule has 1 amide bonds. The van der Waals surface area contributed by atoms with E-state index < -0.39 is 6.09 Å². The Bertz CT molecular complexity index is 1290. The number of aryl methyl sites for hydroxylation is 5. The number of likely N-dealkylation sites (tertiary alicyclic amines) is 1. The molecule has 0 bridgehead atoms. The van der Waals surface area contributed by atoms with Crippen molar-refractivity contribution in [2.45, 2.75) is 66.6 Å². The van der Waals surface area contributed by atoms with Crippen LogP contribution < -0.4 is 9.47 Å². The average molecular weight is 516 g/mol. The van der Waals surface area contributed by atoms with E-state index in [1.165, 1.54) is 16.7 Å². The summed E-state index contributed by atoms with van der Waals surface area (Å²) in [6, 6.07) is 12.6. The summed E-state index contributed by atoms with van der Waals surface area (Å²) in [5.41, 5.74) is 7.36. The Hall–Kier alpha value is -3.87. The molecule has 1 fully saturated rings. The van der Waals surface area contributed by atoms with Gasteiger partial charge in [-0.1, -0.05) is 57.7 Å². The molecule has 0 spiro atoms. The molecular weight excluding hydrogens is 478 g/mol. The molecule has 200 valence electrons. The number of hydrogen-bond donors (Lipinski definition) is 0. The van der Waals surface area contributed by atoms with Gasteiger partial charge in [-0.2, -0.15) is 4.98 Å². The Balaban J connectivity index is 1.68. The SMILES string of the molecule is C=COC(=O)N1CC(Oc2nc(-c3c(CC)cccc3CC)nc(C)c2COc2cc(CC)ccc2C)C1. The van der Waals surface area contributed by atoms with Gasteiger partial charge in [-0.25, -0.2) is 9.78 Å². The number of carbonyl (C=O) groups is 1. The van der Waals surface area contributed by atoms with Gasteiger partial charge in [-0.15, -0.1) is 0 Å². The zero-order chi connectivity index (χ0) is 27.2. The highest BCUT2D eigenvalue weighted by atomic mass is 16.6. The molecule has 0 aliphatic carbocycles. The molecule has 3 aromatic rings. The van der Waals surface area contributed by atoms with E-state index >= 15 is 0 Å². The normalized spacial score (nSPS) is 13.1. The highest BCUT2D eigenvalue weighted by Crippen LogP contribution is 2.32. The molecule has 0 radical (unpaired) electrons. The molecule has 7 heteroatoms. The van der Waals surface area contributed by atoms with Crippen LogP contribution in [0.2, 0.25) is 0 Å². The van der Waals surface area contributed by atoms with E-state index in [1.54, 1.807) is 4.90 Å². The van der Waals surface area contributed by atoms with Gasteiger partial charge in [-0.05, 0) is 61.4 Å². The first-order valence-electron chi connectivity index (χ1n) is 13.3. The third-order valence-corrected chi connectivity index (χ3v) is 7.00. The number of benzene rings is 2. The highest BCUT2D eigenvalue weighted by molar-refractivity contribution is 5.69. The summed E-state index contributed by atoms with van der Waals surface area (Å²) < 4.78 is 17.6. The van der Waals surface area contributed by atoms with Gasteiger partial charge >= 0.3 is 6.09 Å². The molecular formula is C31H37N3O4. The molecule has 1 saturated heterocycles. The number of nitrogens with zero attached hydrogens (tertiary/aromatic N) is 3. The van der Waals surface area contributed by atoms with Crippen molar-refractivity contribution in [3.8, 4) is 23.0 Å². The van der Waals surface area contributed by atoms with Gasteiger partial charge in [0.2, 0.25) is 5.88 Å². The smallest absolute Gasteiger partial charge is 0.414 e. The average Bonchev–Trinajstić information content (AvgIpc) is 2.90. The molecule has 0 unspecified atom stereocenters. The van der Waals surface area contributed by atoms with Crippen molar-refractivity contribution in [1.29, 1.82) is 0 Å². The second kappa shape index (κ2) is 12.1. The fourth-order valence-corrected chi connectivity index (χ4v) is 4.61. The maximum atomic E-state index is 12.0. The summed E-state index contributed by atoms with van der Waals surface area (Å²) in [4.78, 5) is 23.5. The van der Waals surface area contributed by atoms with E-state index in [2.05, 4.69) is 63.7 Å². The van der Waals surface area contributed by atoms with E-state index in [0.29, 0.717) is 24.8 Å². The Morgan fingerprint density at radius 2 is 1.76 bits per heavy atom. The van der Waals surface area contributed by atoms with Gasteiger partial charge in [0, 0.05) is 5.56 Å². The minimum absolute atomic E-state index is 0.203. The predicted molar refractivity (Wildman–Crippen MR) is 149 cm³/mol. The molecule has 4 rings (SSSR count). The summed E-state index contributed by atoms with van der Waals surface area (Å²) in [5.74, 6) is 1.99. The van der Waals surface area contributed by atoms with E-state index in [0.717, 1.165) is 53.7 Å². The molecule has 38 heavy (non-hydrogen) atoms. The monoisotopic (exact) mass is 515 g/mol. The lowest BCUT2D eigenvalue weighted by Crippen LogP contribution is -2.56. The Morgan fingerprint density at radius 1 is 1.05 bits per heavy atom. The van der Waals surface area contributed by atoms with Gasteiger partial charge in [0.05, 0.1) is 30.6 Å². The number of aromatic nitrogens is 2. The van der Waals surface area contributed by atoms with Gasteiger partial charge < -0.3 is 19.1 Å². The second-order valence-corrected chi connectivity index (χ2v) is 9.51. The summed E-state index contributed by atoms with van der Waals surface area (Å²) in [6.45, 7) is 15.0. The van der Waals surface area contributed by atoms with Crippen molar-refractivity contribution in [1.82, 2.24) is 14.9 Å². The number of amides is 1. The van der Waals surface area contributed by atoms with Gasteiger partial charge in [0.15, 0.2) is 5.82 Å². The van der Waals surface area contributed by atoms with Gasteiger partial charge in [0.25, 0.3) is 0 Å². The van der Waals surface area contributed by atoms with Crippen LogP contribution >= 0.6 is 0 Å². The van der Waals surface area contributed by atoms with Crippen LogP contribution in [0.3, 0.4) is 0 Å². The first-order chi connectivity index (χ1) is 18.4. The van der Waals surface area contributed by atoms with Crippen LogP contribution in [0, 0.1) is 13.8 Å². The van der Waals surface area contributed by atoms with Crippen molar-refractivity contribution < 1.29 is 19.0 Å². The fraction of sp³-hybridized carbons (Fsp3) is 0.387. The summed E-state index contributed by atoms with van der Waals surface area (Å²) >= 11 is 0. The fourth-order valence-electron chi connectivity index (χ4n) is 4.61. The summed E-state index contributed by atoms with van der Waals surface area (Å²) in [7, 11) is 0. The molecule has 7 nitrogen and oxygen atoms in total. The molecule has 0 atom stereocenters. The largest absolute Gasteiger partial charge is 0.488 e. The minimum Gasteiger partial charge on any atom is -0.488 e. The van der Waals surface area contributed by atoms with Crippen molar-refractivity contribution in [2.24, 2.45) is 0 Å². The van der Waals surface area contributed by atoms with E-state index in [1.807, 2.05) is 13.8 Å². The second-order valence-electron chi connectivity index (χ2n) is 9.51. The van der Waals surface area contributed by atoms with Crippen LogP contribution in [0.5, 0.6) is 11.6 Å². The van der Waals surface area contributed by atoms with Gasteiger partial charge in [0.1, 0.15) is 18.5 Å². The Labute approximate surface area is 225 Å². The van der Waals surface area contributed by atoms with E-state index in [-0.39, 0.29) is 12.7 Å². The number of ether oxygens (including phenoxy) is 3. The van der Waals surface area contributed by atoms with Crippen LogP contribution in [-0.2, 0) is 30.6 Å². The molecule has 0 saturated carbocycles. The third-order valence-electron chi connectivity index (χ3n) is 7.00. The van der Waals surface area contributed by atoms with Gasteiger partial charge in [-0.3, -0.25) is 0 Å². The number of carbonyl (C=O) groups excluding carboxylic acids is 1. The summed E-state index contributed by atoms with van der Waals surface area (Å²) in [5, 5.41) is 0. The lowest BCUT2D eigenvalue weighted by atomic mass is 9.96. The van der Waals surface area contributed by atoms with Crippen LogP contribution in [-0.4, -0.2) is 40.2 Å². The summed E-state index contributed by atoms with van der Waals surface area (Å²) in [6.07, 6.45) is 3.19. The molecule has 1 aliphatic heterocycles. The molecule has 1 aromatic heterocycles. The predicted octanol–water partition coefficient (Wildman–Crippen LogP) is 6.37. The lowest BCUT2D eigenvalue weighted by Gasteiger charge is -2.37. The standard InChI is InChI=1S/C31H37N3O4/c1-7-22-15-14-20(5)27(16-22)37-19-26-21(6)32-29(28-23(8-2)12-11-13-24(28)9-3)33-30(26)38-25-17-34(18-25)31(35)36-10-4/h10-16,25H,4,7-9,17-19H2,1-3,5-6H3. The quantitative estimate of drug-likeness (QED) is 0.292. The zero-order valence-corrected chi connectivity index (χ0v) is 23.0. The van der Waals surface area contributed by atoms with Crippen LogP contribution in [0.25, 0.3) is 11.4 Å². The van der Waals surface area contributed by atoms with Crippen molar-refractivity contribution in [2.75, 3.05) is 13.1 Å². The minimum atomic E-state index is -0.432. The highest BCUT2D eigenvalue weighted by Gasteiger charge is 2.34. The van der Waals surface area contributed by atoms with Crippen LogP contribution in [0.1, 0.15) is 54.3 Å². The topological polar surface area (TPSA) is 73.8 Å². The molecule has 0 N–H and O–H groups in total. The first kappa shape index (κ1) is 27.2. The molecule has 2 heterocycles. The Morgan fingerprint density at radius 3 is 2.39 bits per heavy atom. The van der Waals surface area contributed by atoms with Crippen molar-refractivity contribution in [3.05, 3.63) is 82.8 Å². The zero-order valence-electron chi connectivity index (χ0n) is 23.0. The van der Waals surface area contributed by atoms with Crippen LogP contribution in [0.4, 0.5) is 4.79 Å². The maximum Gasteiger partial charge on any atom is 0.414 e. The van der Waals surface area contributed by atoms with Crippen LogP contribution in [0.15, 0.2) is 49.2 Å². The first-order valence-corrected chi connectivity index (χ1v) is 13.3. The molecule has 1 aliphatic rings. The lowest BCUT2D eigenvalue weighted by molar-refractivity contribution is 0.0195. The van der Waals surface area contributed by atoms with Crippen molar-refractivity contribution in [3.63, 3.8) is 0 Å². The number of rotatable bonds is 10. The Kier molecular flexibility index (Phi) is 8.66. The van der Waals surface area contributed by atoms with E-state index in [9.17, 15) is 4.79 Å². The van der Waals surface area contributed by atoms with E-state index in [4.69, 9.17) is 24.2 Å². The third kappa shape index (κ3) is 5.82. The number of hydrogen-bond acceptors (Lipinski definition) is 6. The molecule has 2 aromatic carbocycles. The maximum absolute atomic E-state index is 12.0.